The van der Waals surface area contributed by atoms with E-state index in [9.17, 15) is 55.8 Å². The number of ether oxygens (including phenoxy) is 4. The van der Waals surface area contributed by atoms with Gasteiger partial charge in [-0.1, -0.05) is 24.3 Å². The Morgan fingerprint density at radius 1 is 0.485 bits per heavy atom. The van der Waals surface area contributed by atoms with Crippen LogP contribution in [0, 0.1) is 0 Å². The lowest BCUT2D eigenvalue weighted by molar-refractivity contribution is -0.145. The molecule has 0 amide bonds. The Hall–Kier alpha value is -7.04. The minimum atomic E-state index is -4.67. The molecule has 24 nitrogen and oxygen atoms in total. The number of esters is 2. The van der Waals surface area contributed by atoms with Gasteiger partial charge in [-0.15, -0.1) is 0 Å². The number of nitrogens with two attached hydrogens (primary N) is 2. The van der Waals surface area contributed by atoms with Gasteiger partial charge in [-0.2, -0.15) is 9.44 Å². The van der Waals surface area contributed by atoms with E-state index in [0.717, 1.165) is 0 Å². The number of nitrogens with one attached hydrogen (secondary N) is 4. The molecule has 0 fully saturated rings. The monoisotopic (exact) mass is 988 g/mol. The number of benzene rings is 4. The van der Waals surface area contributed by atoms with Gasteiger partial charge in [-0.3, -0.25) is 29.8 Å². The topological polar surface area (TPSA) is 389 Å². The molecular weight excluding hydrogens is 941 g/mol. The molecule has 0 bridgehead atoms. The smallest absolute Gasteiger partial charge is 0.343 e. The van der Waals surface area contributed by atoms with Crippen LogP contribution in [0.1, 0.15) is 55.4 Å². The average Bonchev–Trinajstić information content (AvgIpc) is 3.27. The zero-order chi connectivity index (χ0) is 50.0. The van der Waals surface area contributed by atoms with Crippen molar-refractivity contribution in [2.75, 3.05) is 51.0 Å². The van der Waals surface area contributed by atoms with Gasteiger partial charge < -0.3 is 50.8 Å². The normalized spacial score (nSPS) is 13.4. The summed E-state index contributed by atoms with van der Waals surface area (Å²) in [5.74, 6) is -8.01. The maximum Gasteiger partial charge on any atom is 0.343 e. The molecule has 0 saturated carbocycles. The summed E-state index contributed by atoms with van der Waals surface area (Å²) in [6, 6.07) is 18.1. The number of hydrogen-bond acceptors (Lipinski definition) is 18. The Morgan fingerprint density at radius 3 is 1.10 bits per heavy atom. The summed E-state index contributed by atoms with van der Waals surface area (Å²) in [4.78, 5) is 71.1. The quantitative estimate of drug-likeness (QED) is 0.0156. The van der Waals surface area contributed by atoms with E-state index in [-0.39, 0.29) is 73.3 Å². The summed E-state index contributed by atoms with van der Waals surface area (Å²) in [6.45, 7) is -0.742. The lowest BCUT2D eigenvalue weighted by Gasteiger charge is -2.23. The molecule has 0 radical (unpaired) electrons. The van der Waals surface area contributed by atoms with Crippen LogP contribution in [-0.2, 0) is 48.7 Å². The van der Waals surface area contributed by atoms with Crippen LogP contribution in [0.25, 0.3) is 0 Å². The predicted octanol–water partition coefficient (Wildman–Crippen LogP) is 0.894. The number of sulfonamides is 2. The van der Waals surface area contributed by atoms with Gasteiger partial charge in [0.15, 0.2) is 10.7 Å². The van der Waals surface area contributed by atoms with Gasteiger partial charge in [0.25, 0.3) is 0 Å². The highest BCUT2D eigenvalue weighted by atomic mass is 32.2. The first-order valence-electron chi connectivity index (χ1n) is 20.0. The summed E-state index contributed by atoms with van der Waals surface area (Å²) in [5, 5.41) is 39.4. The zero-order valence-corrected chi connectivity index (χ0v) is 37.3. The highest BCUT2D eigenvalue weighted by Gasteiger charge is 2.35. The molecule has 68 heavy (non-hydrogen) atoms. The number of carboxylic acids is 4. The first kappa shape index (κ1) is 53.6. The van der Waals surface area contributed by atoms with Gasteiger partial charge in [0, 0.05) is 24.5 Å². The van der Waals surface area contributed by atoms with Crippen molar-refractivity contribution in [3.8, 4) is 11.5 Å². The van der Waals surface area contributed by atoms with Crippen molar-refractivity contribution in [3.63, 3.8) is 0 Å². The van der Waals surface area contributed by atoms with E-state index in [4.69, 9.17) is 40.6 Å². The fraction of sp³-hybridized carbons (Fsp3) is 0.286. The average molecular weight is 989 g/mol. The predicted molar refractivity (Wildman–Crippen MR) is 239 cm³/mol. The summed E-state index contributed by atoms with van der Waals surface area (Å²) in [6.07, 6.45) is -2.13. The van der Waals surface area contributed by atoms with Gasteiger partial charge in [-0.05, 0) is 83.9 Å². The van der Waals surface area contributed by atoms with Gasteiger partial charge in [0.05, 0.1) is 50.4 Å². The van der Waals surface area contributed by atoms with E-state index in [1.54, 1.807) is 0 Å². The van der Waals surface area contributed by atoms with E-state index in [1.165, 1.54) is 97.1 Å². The molecule has 0 saturated heterocycles. The molecule has 4 atom stereocenters. The zero-order valence-electron chi connectivity index (χ0n) is 35.7. The lowest BCUT2D eigenvalue weighted by atomic mass is 10.2. The molecule has 366 valence electrons. The number of nitrogen functional groups attached to an aromatic ring is 2. The third kappa shape index (κ3) is 17.0. The molecule has 0 heterocycles. The summed E-state index contributed by atoms with van der Waals surface area (Å²) < 4.78 is 79.5. The van der Waals surface area contributed by atoms with E-state index in [1.807, 2.05) is 9.44 Å². The maximum absolute atomic E-state index is 13.5. The highest BCUT2D eigenvalue weighted by Crippen LogP contribution is 2.25. The van der Waals surface area contributed by atoms with Crippen LogP contribution in [0.2, 0.25) is 0 Å². The van der Waals surface area contributed by atoms with Crippen molar-refractivity contribution in [1.82, 2.24) is 20.1 Å². The standard InChI is InChI=1S/C42H48N6O18S2/c43-29-9-1-27(2-10-29)41(57)65-31-13-5-25(6-14-31)37(67(59,60)47-33(39(53)54)23-35(49)50)45-17-19-63-21-22-64-20-18-46-38(68(61,62)48-34(40(55)56)24-36(51)52)26-7-15-32(16-8-26)66-42(58)28-3-11-30(44)12-4-28/h1-16,33-34,37-38,45-48H,17-24,43-44H2,(H,49,50)(H,51,52)(H,53,54)(H,55,56). The molecule has 4 unspecified atom stereocenters. The number of hydrogen-bond donors (Lipinski definition) is 10. The van der Waals surface area contributed by atoms with Gasteiger partial charge in [-0.25, -0.2) is 26.4 Å². The van der Waals surface area contributed by atoms with Crippen molar-refractivity contribution in [2.24, 2.45) is 0 Å². The third-order valence-electron chi connectivity index (χ3n) is 9.19. The second kappa shape index (κ2) is 25.2. The molecule has 4 aromatic rings. The van der Waals surface area contributed by atoms with Crippen LogP contribution >= 0.6 is 0 Å². The number of anilines is 2. The fourth-order valence-electron chi connectivity index (χ4n) is 5.89. The van der Waals surface area contributed by atoms with Crippen LogP contribution < -0.4 is 41.0 Å². The second-order valence-electron chi connectivity index (χ2n) is 14.4. The Bertz CT molecular complexity index is 2420. The maximum atomic E-state index is 13.5. The second-order valence-corrected chi connectivity index (χ2v) is 18.0. The van der Waals surface area contributed by atoms with Gasteiger partial charge in [0.1, 0.15) is 23.6 Å². The van der Waals surface area contributed by atoms with Crippen molar-refractivity contribution < 1.29 is 85.0 Å². The molecule has 4 aromatic carbocycles. The van der Waals surface area contributed by atoms with E-state index in [2.05, 4.69) is 10.6 Å². The number of carbonyl (C=O) groups is 6. The van der Waals surface area contributed by atoms with Gasteiger partial charge in [0.2, 0.25) is 20.0 Å². The fourth-order valence-corrected chi connectivity index (χ4v) is 9.03. The summed E-state index contributed by atoms with van der Waals surface area (Å²) in [7, 11) is -9.33. The molecule has 4 rings (SSSR count). The van der Waals surface area contributed by atoms with Crippen LogP contribution in [0.15, 0.2) is 97.1 Å². The lowest BCUT2D eigenvalue weighted by Crippen LogP contribution is -2.47. The molecule has 0 aliphatic heterocycles. The van der Waals surface area contributed by atoms with Gasteiger partial charge >= 0.3 is 35.8 Å². The van der Waals surface area contributed by atoms with Crippen molar-refractivity contribution in [1.29, 1.82) is 0 Å². The molecule has 0 aromatic heterocycles. The molecular formula is C42H48N6O18S2. The number of rotatable bonds is 29. The van der Waals surface area contributed by atoms with Crippen LogP contribution in [0.3, 0.4) is 0 Å². The van der Waals surface area contributed by atoms with Crippen molar-refractivity contribution >= 4 is 67.2 Å². The minimum Gasteiger partial charge on any atom is -0.481 e. The third-order valence-corrected chi connectivity index (χ3v) is 12.5. The molecule has 0 aliphatic carbocycles. The number of carbonyl (C=O) groups excluding carboxylic acids is 2. The molecule has 0 spiro atoms. The highest BCUT2D eigenvalue weighted by molar-refractivity contribution is 7.90. The molecule has 0 aliphatic rings. The van der Waals surface area contributed by atoms with Crippen LogP contribution in [0.4, 0.5) is 11.4 Å². The minimum absolute atomic E-state index is 0.0357. The van der Waals surface area contributed by atoms with E-state index < -0.39 is 91.5 Å². The summed E-state index contributed by atoms with van der Waals surface area (Å²) >= 11 is 0. The Morgan fingerprint density at radius 2 is 0.809 bits per heavy atom. The Labute approximate surface area is 388 Å². The van der Waals surface area contributed by atoms with Crippen molar-refractivity contribution in [2.45, 2.75) is 35.7 Å². The largest absolute Gasteiger partial charge is 0.481 e. The number of carboxylic acid groups (broad SMARTS) is 4. The van der Waals surface area contributed by atoms with Crippen LogP contribution in [0.5, 0.6) is 11.5 Å². The molecule has 26 heteroatoms. The molecule has 12 N–H and O–H groups in total. The Balaban J connectivity index is 1.34. The van der Waals surface area contributed by atoms with E-state index >= 15 is 0 Å². The first-order valence-corrected chi connectivity index (χ1v) is 23.1. The Kier molecular flexibility index (Phi) is 19.8. The number of aliphatic carboxylic acids is 4. The van der Waals surface area contributed by atoms with Crippen molar-refractivity contribution in [3.05, 3.63) is 119 Å². The van der Waals surface area contributed by atoms with E-state index in [0.29, 0.717) is 11.4 Å². The SMILES string of the molecule is Nc1ccc(C(=O)Oc2ccc(C(NCCOCCOCCNC(c3ccc(OC(=O)c4ccc(N)cc4)cc3)S(=O)(=O)NC(CC(=O)O)C(=O)O)S(=O)(=O)NC(CC(=O)O)C(=O)O)cc2)cc1. The summed E-state index contributed by atoms with van der Waals surface area (Å²) in [5.41, 5.74) is 12.6. The first-order chi connectivity index (χ1) is 32.1. The van der Waals surface area contributed by atoms with Crippen LogP contribution in [-0.4, -0.2) is 125 Å².